The van der Waals surface area contributed by atoms with Crippen molar-refractivity contribution < 1.29 is 57.1 Å². The lowest BCUT2D eigenvalue weighted by Gasteiger charge is -2.19. The van der Waals surface area contributed by atoms with Crippen molar-refractivity contribution in [1.82, 2.24) is 0 Å². The molecule has 0 aliphatic rings. The van der Waals surface area contributed by atoms with Crippen LogP contribution < -0.4 is 22.8 Å². The van der Waals surface area contributed by atoms with Crippen molar-refractivity contribution in [2.75, 3.05) is 0 Å². The fourth-order valence-corrected chi connectivity index (χ4v) is 11.8. The van der Waals surface area contributed by atoms with Gasteiger partial charge < -0.3 is 0 Å². The second kappa shape index (κ2) is 33.9. The van der Waals surface area contributed by atoms with Crippen LogP contribution in [0.5, 0.6) is 0 Å². The maximum atomic E-state index is 8.67. The number of pyridine rings is 5. The fraction of sp³-hybridized carbons (Fsp3) is 0.402. The Morgan fingerprint density at radius 2 is 0.732 bits per heavy atom. The van der Waals surface area contributed by atoms with E-state index in [1.165, 1.54) is 63.6 Å². The van der Waals surface area contributed by atoms with E-state index in [0.29, 0.717) is 28.1 Å². The summed E-state index contributed by atoms with van der Waals surface area (Å²) in [4.78, 5) is 0. The maximum Gasteiger partial charge on any atom is 0.212 e. The third-order valence-corrected chi connectivity index (χ3v) is 17.0. The highest BCUT2D eigenvalue weighted by Gasteiger charge is 2.23. The van der Waals surface area contributed by atoms with Crippen LogP contribution in [0.15, 0.2) is 152 Å². The van der Waals surface area contributed by atoms with Gasteiger partial charge in [0.15, 0.2) is 31.0 Å². The van der Waals surface area contributed by atoms with E-state index >= 15 is 0 Å². The highest BCUT2D eigenvalue weighted by molar-refractivity contribution is 5.67. The average molecular weight is 1330 g/mol. The summed E-state index contributed by atoms with van der Waals surface area (Å²) in [6.45, 7) is 22.9. The van der Waals surface area contributed by atoms with Gasteiger partial charge in [-0.25, -0.2) is 22.8 Å². The van der Waals surface area contributed by atoms with Gasteiger partial charge in [-0.05, 0) is 244 Å². The molecule has 0 saturated carbocycles. The second-order valence-corrected chi connectivity index (χ2v) is 28.0. The van der Waals surface area contributed by atoms with Crippen LogP contribution in [0.25, 0.3) is 56.3 Å². The Bertz CT molecular complexity index is 5450. The van der Waals surface area contributed by atoms with Gasteiger partial charge in [0.2, 0.25) is 28.5 Å². The quantitative estimate of drug-likeness (QED) is 0.115. The molecule has 0 bridgehead atoms. The maximum absolute atomic E-state index is 8.67. The summed E-state index contributed by atoms with van der Waals surface area (Å²) in [7, 11) is 9.40. The number of aryl methyl sites for hydroxylation is 20. The summed E-state index contributed by atoms with van der Waals surface area (Å²) in [5.74, 6) is -1.22. The minimum Gasteiger partial charge on any atom is -0.201 e. The van der Waals surface area contributed by atoms with Crippen LogP contribution in [0.2, 0.25) is 0 Å². The standard InChI is InChI=1S/C20H28N.C19H26N.2C18H24N.C17H22N/c1-14-8-9-18(15(2)10-14)19-11-17(12-20(4,5)6)16(3)13-21(19)7;1-13(2)9-17-11-19(20(6)12-16(17)5)18-8-7-14(3)10-15(18)4;1-12(2)17-11-19(6)18(10-15(17)5)16-8-7-13(3)9-14(16)4;1-13(2)10-16-8-9-19(5)18(12-16)17-7-6-14(3)11-15(17)4;1-11-7-13(3)15(5)16(8-11)17-9-12(2)14(4)10-18(17)6/h8-11,13H,12H2,1-7H3;7-8,10-13H,9H2,1-6H3;7-12H,1-6H3;6-9,11-13H,10H2,1-5H3;7-10H,1-6H3/q5*+1/i1D3,3D3,12D2;3D3,5D3,9D2;3D3,12D;3D3,10D2;. The molecular weight excluding hydrogens is 1180 g/mol. The van der Waals surface area contributed by atoms with Gasteiger partial charge in [-0.2, -0.15) is 0 Å². The summed E-state index contributed by atoms with van der Waals surface area (Å²) in [6.07, 6.45) is 3.81. The Hall–Kier alpha value is -8.15. The first kappa shape index (κ1) is 48.5. The van der Waals surface area contributed by atoms with Crippen LogP contribution >= 0.6 is 0 Å². The predicted molar refractivity (Wildman–Crippen MR) is 415 cm³/mol. The van der Waals surface area contributed by atoms with Crippen LogP contribution in [0, 0.1) is 128 Å². The van der Waals surface area contributed by atoms with Crippen molar-refractivity contribution in [3.05, 3.63) is 264 Å². The van der Waals surface area contributed by atoms with Crippen LogP contribution in [-0.2, 0) is 54.4 Å². The van der Waals surface area contributed by atoms with Crippen molar-refractivity contribution in [1.29, 1.82) is 0 Å². The Morgan fingerprint density at radius 3 is 1.14 bits per heavy atom. The summed E-state index contributed by atoms with van der Waals surface area (Å²) >= 11 is 0. The molecule has 97 heavy (non-hydrogen) atoms. The molecule has 5 nitrogen and oxygen atoms in total. The van der Waals surface area contributed by atoms with Gasteiger partial charge in [-0.1, -0.05) is 145 Å². The van der Waals surface area contributed by atoms with E-state index in [9.17, 15) is 0 Å². The van der Waals surface area contributed by atoms with E-state index in [0.717, 1.165) is 67.0 Å². The number of hydrogen-bond acceptors (Lipinski definition) is 0. The topological polar surface area (TPSA) is 19.4 Å². The minimum absolute atomic E-state index is 0.0192. The molecule has 0 fully saturated rings. The summed E-state index contributed by atoms with van der Waals surface area (Å²) in [5.41, 5.74) is 22.3. The summed E-state index contributed by atoms with van der Waals surface area (Å²) < 4.78 is 206. The molecular formula is C92H124N5+5. The molecule has 0 aliphatic heterocycles. The molecule has 5 aromatic carbocycles. The highest BCUT2D eigenvalue weighted by atomic mass is 14.9. The molecule has 512 valence electrons. The number of aromatic nitrogens is 5. The van der Waals surface area contributed by atoms with E-state index in [-0.39, 0.29) is 39.3 Å². The van der Waals surface area contributed by atoms with Gasteiger partial charge in [-0.15, -0.1) is 0 Å². The molecule has 0 saturated heterocycles. The van der Waals surface area contributed by atoms with E-state index < -0.39 is 77.5 Å². The first-order valence-electron chi connectivity index (χ1n) is 45.8. The van der Waals surface area contributed by atoms with Crippen LogP contribution in [-0.4, -0.2) is 0 Å². The van der Waals surface area contributed by atoms with Crippen LogP contribution in [0.4, 0.5) is 0 Å². The number of rotatable bonds is 11. The van der Waals surface area contributed by atoms with Crippen molar-refractivity contribution in [2.24, 2.45) is 52.5 Å². The molecule has 0 atom stereocenters. The van der Waals surface area contributed by atoms with Gasteiger partial charge in [0.1, 0.15) is 35.2 Å². The normalized spacial score (nSPS) is 16.3. The Morgan fingerprint density at radius 1 is 0.351 bits per heavy atom. The lowest BCUT2D eigenvalue weighted by molar-refractivity contribution is -0.661. The van der Waals surface area contributed by atoms with Gasteiger partial charge in [0, 0.05) is 121 Å². The Balaban J connectivity index is 0.000000238. The van der Waals surface area contributed by atoms with Gasteiger partial charge in [0.05, 0.1) is 0 Å². The summed E-state index contributed by atoms with van der Waals surface area (Å²) in [6, 6.07) is 35.8. The number of hydrogen-bond donors (Lipinski definition) is 0. The van der Waals surface area contributed by atoms with Crippen LogP contribution in [0.1, 0.15) is 214 Å². The number of nitrogens with zero attached hydrogens (tertiary/aromatic N) is 5. The van der Waals surface area contributed by atoms with E-state index in [4.69, 9.17) is 34.3 Å². The SMILES string of the molecule is Cc1cc(C)c(C)c(-c2cc(C)c(C)c[n+]2C)c1.[2H]C([2H])([2H])c1ccc(-c2cc(C([2H])([2H])C(C)(C)C)c(C([2H])([2H])[2H])c[n+]2C)c(C)c1.[2H]C([2H])([2H])c1ccc(-c2cc(C([2H])([2H])C(C)C)c(C([2H])([2H])[2H])c[n+]2C)c(C)c1.[2H]C([2H])([2H])c1ccc(-c2cc(C([2H])([2H])C(C)C)cc[n+]2C)c(C)c1.[2H]C([2H])([2H])c1ccc(-c2cc(C)c(C([2H])(C)C)c[n+]2C)c(C)c1. The zero-order valence-electron chi connectivity index (χ0n) is 87.3. The largest absolute Gasteiger partial charge is 0.212 e. The lowest BCUT2D eigenvalue weighted by Crippen LogP contribution is -2.32. The zero-order valence-corrected chi connectivity index (χ0v) is 62.3. The van der Waals surface area contributed by atoms with E-state index in [2.05, 4.69) is 76.7 Å². The second-order valence-electron chi connectivity index (χ2n) is 28.0. The van der Waals surface area contributed by atoms with E-state index in [1.54, 1.807) is 144 Å². The molecule has 0 amide bonds. The van der Waals surface area contributed by atoms with E-state index in [1.807, 2.05) is 96.2 Å². The van der Waals surface area contributed by atoms with Crippen molar-refractivity contribution >= 4 is 0 Å². The van der Waals surface area contributed by atoms with Gasteiger partial charge >= 0.3 is 0 Å². The van der Waals surface area contributed by atoms with Crippen LogP contribution in [0.3, 0.4) is 0 Å². The summed E-state index contributed by atoms with van der Waals surface area (Å²) in [5, 5.41) is 0. The number of benzene rings is 5. The molecule has 0 N–H and O–H groups in total. The smallest absolute Gasteiger partial charge is 0.201 e. The Kier molecular flexibility index (Phi) is 17.0. The highest BCUT2D eigenvalue weighted by Crippen LogP contribution is 2.31. The molecule has 5 aromatic heterocycles. The van der Waals surface area contributed by atoms with Crippen molar-refractivity contribution in [2.45, 2.75) is 198 Å². The molecule has 10 aromatic rings. The molecule has 10 rings (SSSR count). The van der Waals surface area contributed by atoms with Gasteiger partial charge in [-0.3, -0.25) is 0 Å². The first-order valence-corrected chi connectivity index (χ1v) is 33.3. The van der Waals surface area contributed by atoms with Gasteiger partial charge in [0.25, 0.3) is 0 Å². The first-order chi connectivity index (χ1) is 55.2. The monoisotopic (exact) mass is 1320 g/mol. The Labute approximate surface area is 625 Å². The third kappa shape index (κ3) is 21.4. The third-order valence-electron chi connectivity index (χ3n) is 17.0. The average Bonchev–Trinajstić information content (AvgIpc) is 0.750. The zero-order chi connectivity index (χ0) is 93.5. The molecule has 0 spiro atoms. The fourth-order valence-electron chi connectivity index (χ4n) is 11.8. The van der Waals surface area contributed by atoms with Crippen molar-refractivity contribution in [3.8, 4) is 56.3 Å². The molecule has 0 unspecified atom stereocenters. The molecule has 0 radical (unpaired) electrons. The van der Waals surface area contributed by atoms with Crippen molar-refractivity contribution in [3.63, 3.8) is 0 Å². The minimum atomic E-state index is -2.47. The molecule has 0 aliphatic carbocycles. The lowest BCUT2D eigenvalue weighted by atomic mass is 9.86. The predicted octanol–water partition coefficient (Wildman–Crippen LogP) is 20.9. The molecule has 5 heteroatoms. The molecule has 5 heterocycles.